The molecule has 0 saturated heterocycles. The zero-order valence-corrected chi connectivity index (χ0v) is 20.8. The maximum absolute atomic E-state index is 12.2. The lowest BCUT2D eigenvalue weighted by Gasteiger charge is -2.37. The molecule has 1 aliphatic carbocycles. The largest absolute Gasteiger partial charge is 0.366 e. The monoisotopic (exact) mass is 504 g/mol. The van der Waals surface area contributed by atoms with Crippen LogP contribution in [0.2, 0.25) is 5.02 Å². The van der Waals surface area contributed by atoms with Crippen molar-refractivity contribution in [2.24, 2.45) is 5.73 Å². The molecule has 1 saturated carbocycles. The highest BCUT2D eigenvalue weighted by molar-refractivity contribution is 6.32. The van der Waals surface area contributed by atoms with E-state index in [9.17, 15) is 9.59 Å². The van der Waals surface area contributed by atoms with Crippen LogP contribution in [-0.4, -0.2) is 33.9 Å². The molecule has 8 nitrogen and oxygen atoms in total. The van der Waals surface area contributed by atoms with Crippen molar-refractivity contribution in [3.05, 3.63) is 89.1 Å². The lowest BCUT2D eigenvalue weighted by Crippen LogP contribution is -2.49. The van der Waals surface area contributed by atoms with Crippen LogP contribution in [0, 0.1) is 6.92 Å². The number of halogens is 1. The first-order valence-corrected chi connectivity index (χ1v) is 12.2. The molecular formula is C27H29ClN6O2. The number of nitrogens with zero attached hydrogens (tertiary/aromatic N) is 2. The molecule has 186 valence electrons. The molecule has 0 radical (unpaired) electrons. The van der Waals surface area contributed by atoms with Crippen molar-refractivity contribution in [1.29, 1.82) is 0 Å². The summed E-state index contributed by atoms with van der Waals surface area (Å²) >= 11 is 6.44. The average molecular weight is 505 g/mol. The Morgan fingerprint density at radius 2 is 1.92 bits per heavy atom. The first kappa shape index (κ1) is 25.2. The molecule has 5 N–H and O–H groups in total. The van der Waals surface area contributed by atoms with Gasteiger partial charge in [-0.05, 0) is 61.4 Å². The molecule has 1 aliphatic rings. The van der Waals surface area contributed by atoms with Crippen molar-refractivity contribution in [3.63, 3.8) is 0 Å². The maximum Gasteiger partial charge on any atom is 0.248 e. The predicted octanol–water partition coefficient (Wildman–Crippen LogP) is 4.70. The van der Waals surface area contributed by atoms with E-state index in [2.05, 4.69) is 44.6 Å². The molecule has 4 rings (SSSR count). The van der Waals surface area contributed by atoms with E-state index >= 15 is 0 Å². The van der Waals surface area contributed by atoms with E-state index in [1.165, 1.54) is 17.8 Å². The molecule has 0 bridgehead atoms. The van der Waals surface area contributed by atoms with Crippen molar-refractivity contribution in [2.45, 2.75) is 44.2 Å². The van der Waals surface area contributed by atoms with Gasteiger partial charge in [-0.2, -0.15) is 4.98 Å². The molecule has 3 aromatic rings. The molecule has 3 atom stereocenters. The molecule has 36 heavy (non-hydrogen) atoms. The highest BCUT2D eigenvalue weighted by atomic mass is 35.5. The van der Waals surface area contributed by atoms with Crippen LogP contribution in [0.1, 0.15) is 46.7 Å². The summed E-state index contributed by atoms with van der Waals surface area (Å²) in [7, 11) is 0. The molecule has 1 fully saturated rings. The molecule has 2 aromatic carbocycles. The van der Waals surface area contributed by atoms with E-state index in [1.807, 2.05) is 25.1 Å². The normalized spacial score (nSPS) is 19.2. The van der Waals surface area contributed by atoms with Gasteiger partial charge < -0.3 is 21.7 Å². The number of anilines is 3. The van der Waals surface area contributed by atoms with E-state index in [0.29, 0.717) is 34.0 Å². The molecule has 9 heteroatoms. The molecule has 1 unspecified atom stereocenters. The van der Waals surface area contributed by atoms with Crippen LogP contribution < -0.4 is 21.7 Å². The van der Waals surface area contributed by atoms with Gasteiger partial charge in [0.2, 0.25) is 17.8 Å². The van der Waals surface area contributed by atoms with Crippen LogP contribution in [0.3, 0.4) is 0 Å². The third kappa shape index (κ3) is 6.01. The molecule has 1 heterocycles. The van der Waals surface area contributed by atoms with E-state index in [0.717, 1.165) is 24.8 Å². The minimum absolute atomic E-state index is 0.0889. The van der Waals surface area contributed by atoms with Crippen LogP contribution in [0.15, 0.2) is 67.4 Å². The van der Waals surface area contributed by atoms with Crippen LogP contribution >= 0.6 is 11.6 Å². The van der Waals surface area contributed by atoms with Gasteiger partial charge in [-0.15, -0.1) is 0 Å². The fraction of sp³-hybridized carbons (Fsp3) is 0.259. The zero-order valence-electron chi connectivity index (χ0n) is 20.0. The van der Waals surface area contributed by atoms with E-state index < -0.39 is 5.91 Å². The number of carbonyl (C=O) groups excluding carboxylic acids is 2. The van der Waals surface area contributed by atoms with Gasteiger partial charge in [-0.1, -0.05) is 54.6 Å². The minimum atomic E-state index is -0.517. The predicted molar refractivity (Wildman–Crippen MR) is 143 cm³/mol. The third-order valence-corrected chi connectivity index (χ3v) is 6.75. The number of hydrogen-bond acceptors (Lipinski definition) is 6. The van der Waals surface area contributed by atoms with Gasteiger partial charge in [0.1, 0.15) is 5.02 Å². The zero-order chi connectivity index (χ0) is 25.7. The van der Waals surface area contributed by atoms with Gasteiger partial charge in [0.25, 0.3) is 0 Å². The lowest BCUT2D eigenvalue weighted by atomic mass is 9.78. The summed E-state index contributed by atoms with van der Waals surface area (Å²) in [5.41, 5.74) is 8.62. The second kappa shape index (κ2) is 11.2. The fourth-order valence-corrected chi connectivity index (χ4v) is 4.65. The van der Waals surface area contributed by atoms with Crippen molar-refractivity contribution in [2.75, 3.05) is 10.6 Å². The molecule has 1 aromatic heterocycles. The van der Waals surface area contributed by atoms with Gasteiger partial charge in [0, 0.05) is 23.3 Å². The highest BCUT2D eigenvalue weighted by Crippen LogP contribution is 2.35. The Morgan fingerprint density at radius 3 is 2.64 bits per heavy atom. The van der Waals surface area contributed by atoms with Crippen molar-refractivity contribution < 1.29 is 9.59 Å². The Kier molecular flexibility index (Phi) is 7.85. The molecular weight excluding hydrogens is 476 g/mol. The van der Waals surface area contributed by atoms with Gasteiger partial charge >= 0.3 is 0 Å². The number of aromatic nitrogens is 2. The lowest BCUT2D eigenvalue weighted by molar-refractivity contribution is -0.117. The van der Waals surface area contributed by atoms with Gasteiger partial charge in [-0.3, -0.25) is 9.59 Å². The number of aryl methyl sites for hydroxylation is 1. The van der Waals surface area contributed by atoms with Crippen LogP contribution in [0.5, 0.6) is 0 Å². The smallest absolute Gasteiger partial charge is 0.248 e. The van der Waals surface area contributed by atoms with Crippen LogP contribution in [0.25, 0.3) is 0 Å². The second-order valence-electron chi connectivity index (χ2n) is 8.90. The number of carbonyl (C=O) groups is 2. The topological polar surface area (TPSA) is 122 Å². The second-order valence-corrected chi connectivity index (χ2v) is 9.31. The van der Waals surface area contributed by atoms with Crippen molar-refractivity contribution >= 4 is 40.9 Å². The number of nitrogens with two attached hydrogens (primary N) is 1. The van der Waals surface area contributed by atoms with Crippen molar-refractivity contribution in [1.82, 2.24) is 15.3 Å². The summed E-state index contributed by atoms with van der Waals surface area (Å²) < 4.78 is 0. The standard InChI is InChI=1S/C27H29ClN6O2/c1-3-24(35)31-23-13-18(17-7-5-4-6-8-17)11-12-21(23)32-26-20(28)15-30-27(34-26)33-22-14-19(25(29)36)10-9-16(22)2/h3-10,14-15,18,21,23H,1,11-13H2,2H3,(H2,29,36)(H,31,35)(H2,30,32,33,34)/t18?,21-,23+/m1/s1. The Labute approximate surface area is 215 Å². The number of rotatable bonds is 8. The third-order valence-electron chi connectivity index (χ3n) is 6.47. The van der Waals surface area contributed by atoms with Gasteiger partial charge in [0.05, 0.1) is 6.20 Å². The number of nitrogens with one attached hydrogen (secondary N) is 3. The molecule has 0 aliphatic heterocycles. The van der Waals surface area contributed by atoms with Crippen molar-refractivity contribution in [3.8, 4) is 0 Å². The Balaban J connectivity index is 1.54. The molecule has 0 spiro atoms. The van der Waals surface area contributed by atoms with Gasteiger partial charge in [0.15, 0.2) is 5.82 Å². The minimum Gasteiger partial charge on any atom is -0.366 e. The highest BCUT2D eigenvalue weighted by Gasteiger charge is 2.32. The number of primary amides is 1. The SMILES string of the molecule is C=CC(=O)N[C@H]1CC(c2ccccc2)CC[C@H]1Nc1nc(Nc2cc(C(N)=O)ccc2C)ncc1Cl. The number of hydrogen-bond donors (Lipinski definition) is 4. The number of benzene rings is 2. The maximum atomic E-state index is 12.2. The summed E-state index contributed by atoms with van der Waals surface area (Å²) in [5, 5.41) is 10.0. The summed E-state index contributed by atoms with van der Waals surface area (Å²) in [6.07, 6.45) is 5.33. The van der Waals surface area contributed by atoms with Crippen LogP contribution in [0.4, 0.5) is 17.5 Å². The average Bonchev–Trinajstić information content (AvgIpc) is 2.88. The summed E-state index contributed by atoms with van der Waals surface area (Å²) in [6.45, 7) is 5.49. The Bertz CT molecular complexity index is 1270. The fourth-order valence-electron chi connectivity index (χ4n) is 4.51. The Morgan fingerprint density at radius 1 is 1.14 bits per heavy atom. The quantitative estimate of drug-likeness (QED) is 0.330. The van der Waals surface area contributed by atoms with Crippen LogP contribution in [-0.2, 0) is 4.79 Å². The number of amides is 2. The van der Waals surface area contributed by atoms with Gasteiger partial charge in [-0.25, -0.2) is 4.98 Å². The van der Waals surface area contributed by atoms with E-state index in [4.69, 9.17) is 17.3 Å². The summed E-state index contributed by atoms with van der Waals surface area (Å²) in [6, 6.07) is 15.2. The van der Waals surface area contributed by atoms with E-state index in [-0.39, 0.29) is 18.0 Å². The Hall–Kier alpha value is -3.91. The van der Waals surface area contributed by atoms with E-state index in [1.54, 1.807) is 18.2 Å². The molecule has 2 amide bonds. The summed E-state index contributed by atoms with van der Waals surface area (Å²) in [4.78, 5) is 32.6. The first-order chi connectivity index (χ1) is 17.3. The first-order valence-electron chi connectivity index (χ1n) is 11.8. The summed E-state index contributed by atoms with van der Waals surface area (Å²) in [5.74, 6) is 0.366.